The maximum absolute atomic E-state index is 14.6. The number of hydrogen-bond donors (Lipinski definition) is 1. The first-order valence-electron chi connectivity index (χ1n) is 11.7. The first-order chi connectivity index (χ1) is 15.8. The third kappa shape index (κ3) is 3.82. The van der Waals surface area contributed by atoms with Gasteiger partial charge in [-0.3, -0.25) is 9.88 Å². The van der Waals surface area contributed by atoms with Crippen LogP contribution in [0.1, 0.15) is 5.56 Å². The number of hydrogen-bond acceptors (Lipinski definition) is 5. The molecule has 1 saturated carbocycles. The minimum atomic E-state index is -0.149. The lowest BCUT2D eigenvalue weighted by molar-refractivity contribution is 0.122. The van der Waals surface area contributed by atoms with Gasteiger partial charge < -0.3 is 15.0 Å². The predicted molar refractivity (Wildman–Crippen MR) is 125 cm³/mol. The van der Waals surface area contributed by atoms with Gasteiger partial charge in [-0.15, -0.1) is 0 Å². The fraction of sp³-hybridized carbons (Fsp3) is 0.423. The maximum atomic E-state index is 14.6. The number of likely N-dealkylation sites (tertiary alicyclic amines) is 1. The second-order valence-corrected chi connectivity index (χ2v) is 9.32. The molecule has 2 atom stereocenters. The van der Waals surface area contributed by atoms with Gasteiger partial charge in [-0.2, -0.15) is 0 Å². The summed E-state index contributed by atoms with van der Waals surface area (Å²) in [4.78, 5) is 9.12. The molecule has 3 aromatic rings. The Labute approximate surface area is 188 Å². The zero-order valence-electron chi connectivity index (χ0n) is 18.2. The summed E-state index contributed by atoms with van der Waals surface area (Å²) in [6.07, 6.45) is 1.92. The van der Waals surface area contributed by atoms with Crippen LogP contribution in [-0.2, 0) is 11.3 Å². The summed E-state index contributed by atoms with van der Waals surface area (Å²) in [5, 5.41) is 4.75. The molecule has 0 spiro atoms. The number of nitrogens with zero attached hydrogens (tertiary/aromatic N) is 3. The normalized spacial score (nSPS) is 25.2. The van der Waals surface area contributed by atoms with E-state index < -0.39 is 0 Å². The van der Waals surface area contributed by atoms with Gasteiger partial charge in [0.25, 0.3) is 0 Å². The second-order valence-electron chi connectivity index (χ2n) is 9.32. The summed E-state index contributed by atoms with van der Waals surface area (Å²) < 4.78 is 20.0. The molecule has 2 unspecified atom stereocenters. The number of morpholine rings is 1. The topological polar surface area (TPSA) is 40.6 Å². The van der Waals surface area contributed by atoms with Gasteiger partial charge in [0.1, 0.15) is 5.82 Å². The predicted octanol–water partition coefficient (Wildman–Crippen LogP) is 4.00. The zero-order valence-corrected chi connectivity index (χ0v) is 18.2. The van der Waals surface area contributed by atoms with Crippen LogP contribution in [0.15, 0.2) is 54.7 Å². The highest BCUT2D eigenvalue weighted by atomic mass is 19.1. The van der Waals surface area contributed by atoms with Crippen molar-refractivity contribution in [2.45, 2.75) is 6.54 Å². The summed E-state index contributed by atoms with van der Waals surface area (Å²) >= 11 is 0. The molecular weight excluding hydrogens is 403 g/mol. The molecule has 1 aromatic heterocycles. The largest absolute Gasteiger partial charge is 0.385 e. The van der Waals surface area contributed by atoms with E-state index in [9.17, 15) is 4.39 Å². The van der Waals surface area contributed by atoms with Crippen LogP contribution in [-0.4, -0.2) is 55.8 Å². The molecular formula is C26H29FN4O. The smallest absolute Gasteiger partial charge is 0.148 e. The van der Waals surface area contributed by atoms with Crippen molar-refractivity contribution in [1.29, 1.82) is 0 Å². The van der Waals surface area contributed by atoms with E-state index in [-0.39, 0.29) is 5.82 Å². The SMILES string of the molecule is Fc1cc(NCC2C3CN(Cc4ccnc5ccccc45)CC23)ccc1N1CCOCC1. The van der Waals surface area contributed by atoms with E-state index in [0.717, 1.165) is 62.3 Å². The number of fused-ring (bicyclic) bond motifs is 2. The lowest BCUT2D eigenvalue weighted by Crippen LogP contribution is -2.36. The van der Waals surface area contributed by atoms with E-state index in [1.54, 1.807) is 6.07 Å². The van der Waals surface area contributed by atoms with E-state index in [0.29, 0.717) is 24.8 Å². The van der Waals surface area contributed by atoms with Gasteiger partial charge in [0.2, 0.25) is 0 Å². The van der Waals surface area contributed by atoms with Crippen LogP contribution < -0.4 is 10.2 Å². The van der Waals surface area contributed by atoms with Crippen LogP contribution >= 0.6 is 0 Å². The third-order valence-electron chi connectivity index (χ3n) is 7.42. The zero-order chi connectivity index (χ0) is 21.5. The monoisotopic (exact) mass is 432 g/mol. The van der Waals surface area contributed by atoms with E-state index in [1.807, 2.05) is 24.4 Å². The van der Waals surface area contributed by atoms with Gasteiger partial charge in [-0.1, -0.05) is 18.2 Å². The number of anilines is 2. The summed E-state index contributed by atoms with van der Waals surface area (Å²) in [5.41, 5.74) is 4.00. The van der Waals surface area contributed by atoms with Crippen molar-refractivity contribution in [3.63, 3.8) is 0 Å². The number of pyridine rings is 1. The van der Waals surface area contributed by atoms with Gasteiger partial charge >= 0.3 is 0 Å². The van der Waals surface area contributed by atoms with Crippen LogP contribution in [0.25, 0.3) is 10.9 Å². The fourth-order valence-electron chi connectivity index (χ4n) is 5.62. The lowest BCUT2D eigenvalue weighted by atomic mass is 10.1. The molecule has 3 fully saturated rings. The maximum Gasteiger partial charge on any atom is 0.148 e. The molecule has 3 aliphatic rings. The van der Waals surface area contributed by atoms with Crippen molar-refractivity contribution in [2.24, 2.45) is 17.8 Å². The van der Waals surface area contributed by atoms with Crippen LogP contribution in [0.3, 0.4) is 0 Å². The van der Waals surface area contributed by atoms with Gasteiger partial charge in [0.15, 0.2) is 0 Å². The molecule has 1 N–H and O–H groups in total. The van der Waals surface area contributed by atoms with Crippen molar-refractivity contribution in [1.82, 2.24) is 9.88 Å². The number of aromatic nitrogens is 1. The standard InChI is InChI=1S/C26H29FN4O/c27-24-13-19(5-6-26(24)31-9-11-32-12-10-31)29-14-21-22-16-30(17-23(21)22)15-18-7-8-28-25-4-2-1-3-20(18)25/h1-8,13,21-23,29H,9-12,14-17H2. The van der Waals surface area contributed by atoms with E-state index in [1.165, 1.54) is 10.9 Å². The minimum Gasteiger partial charge on any atom is -0.385 e. The van der Waals surface area contributed by atoms with Crippen LogP contribution in [0.5, 0.6) is 0 Å². The molecule has 2 saturated heterocycles. The second kappa shape index (κ2) is 8.34. The average molecular weight is 433 g/mol. The molecule has 2 aromatic carbocycles. The van der Waals surface area contributed by atoms with Crippen molar-refractivity contribution < 1.29 is 9.13 Å². The molecule has 0 radical (unpaired) electrons. The lowest BCUT2D eigenvalue weighted by Gasteiger charge is -2.29. The number of ether oxygens (including phenoxy) is 1. The Morgan fingerprint density at radius 3 is 2.66 bits per heavy atom. The Morgan fingerprint density at radius 2 is 1.84 bits per heavy atom. The van der Waals surface area contributed by atoms with Crippen LogP contribution in [0, 0.1) is 23.6 Å². The van der Waals surface area contributed by atoms with Gasteiger partial charge in [0.05, 0.1) is 24.4 Å². The molecule has 0 amide bonds. The number of nitrogens with one attached hydrogen (secondary N) is 1. The van der Waals surface area contributed by atoms with Gasteiger partial charge in [-0.25, -0.2) is 4.39 Å². The highest BCUT2D eigenvalue weighted by Crippen LogP contribution is 2.52. The fourth-order valence-corrected chi connectivity index (χ4v) is 5.62. The Kier molecular flexibility index (Phi) is 5.20. The Morgan fingerprint density at radius 1 is 1.03 bits per heavy atom. The van der Waals surface area contributed by atoms with Gasteiger partial charge in [0, 0.05) is 56.5 Å². The summed E-state index contributed by atoms with van der Waals surface area (Å²) in [6.45, 7) is 7.05. The summed E-state index contributed by atoms with van der Waals surface area (Å²) in [7, 11) is 0. The van der Waals surface area contributed by atoms with Crippen LogP contribution in [0.4, 0.5) is 15.8 Å². The number of benzene rings is 2. The summed E-state index contributed by atoms with van der Waals surface area (Å²) in [6, 6.07) is 16.1. The van der Waals surface area contributed by atoms with E-state index in [4.69, 9.17) is 4.74 Å². The Hall–Kier alpha value is -2.70. The van der Waals surface area contributed by atoms with Crippen molar-refractivity contribution >= 4 is 22.3 Å². The molecule has 6 rings (SSSR count). The van der Waals surface area contributed by atoms with Gasteiger partial charge in [-0.05, 0) is 53.6 Å². The number of piperidine rings is 1. The number of rotatable bonds is 6. The van der Waals surface area contributed by atoms with Crippen molar-refractivity contribution in [3.8, 4) is 0 Å². The summed E-state index contributed by atoms with van der Waals surface area (Å²) in [5.74, 6) is 2.06. The molecule has 1 aliphatic carbocycles. The highest BCUT2D eigenvalue weighted by molar-refractivity contribution is 5.81. The first kappa shape index (κ1) is 19.9. The molecule has 0 bridgehead atoms. The number of halogens is 1. The molecule has 5 nitrogen and oxygen atoms in total. The highest BCUT2D eigenvalue weighted by Gasteiger charge is 2.54. The molecule has 6 heteroatoms. The van der Waals surface area contributed by atoms with Crippen molar-refractivity contribution in [2.75, 3.05) is 56.2 Å². The molecule has 3 heterocycles. The van der Waals surface area contributed by atoms with E-state index >= 15 is 0 Å². The minimum absolute atomic E-state index is 0.149. The van der Waals surface area contributed by atoms with Crippen molar-refractivity contribution in [3.05, 3.63) is 66.1 Å². The quantitative estimate of drug-likeness (QED) is 0.638. The van der Waals surface area contributed by atoms with Crippen LogP contribution in [0.2, 0.25) is 0 Å². The Bertz CT molecular complexity index is 1100. The first-order valence-corrected chi connectivity index (χ1v) is 11.7. The average Bonchev–Trinajstić information content (AvgIpc) is 3.29. The molecule has 32 heavy (non-hydrogen) atoms. The van der Waals surface area contributed by atoms with E-state index in [2.05, 4.69) is 44.4 Å². The number of para-hydroxylation sites is 1. The molecule has 2 aliphatic heterocycles. The molecule has 166 valence electrons. The Balaban J connectivity index is 1.02. The third-order valence-corrected chi connectivity index (χ3v) is 7.42.